The van der Waals surface area contributed by atoms with E-state index >= 15 is 0 Å². The first-order chi connectivity index (χ1) is 8.81. The van der Waals surface area contributed by atoms with E-state index in [1.54, 1.807) is 5.56 Å². The Morgan fingerprint density at radius 1 is 1.22 bits per heavy atom. The van der Waals surface area contributed by atoms with E-state index in [0.29, 0.717) is 0 Å². The average Bonchev–Trinajstić information content (AvgIpc) is 2.73. The number of allylic oxidation sites excluding steroid dienone is 2. The topological polar surface area (TPSA) is 17.0 Å². The smallest absolute Gasteiger partial charge is 0.0483 e. The summed E-state index contributed by atoms with van der Waals surface area (Å²) in [7, 11) is 4.17. The van der Waals surface area contributed by atoms with Gasteiger partial charge in [-0.1, -0.05) is 18.2 Å². The number of benzene rings is 1. The van der Waals surface area contributed by atoms with Crippen molar-refractivity contribution in [1.29, 1.82) is 0 Å². The fraction of sp³-hybridized carbons (Fsp3) is 0.375. The molecule has 3 rings (SSSR count). The Morgan fingerprint density at radius 2 is 2.06 bits per heavy atom. The van der Waals surface area contributed by atoms with E-state index in [1.165, 1.54) is 22.0 Å². The molecule has 1 aromatic heterocycles. The van der Waals surface area contributed by atoms with Gasteiger partial charge in [0.2, 0.25) is 0 Å². The number of rotatable bonds is 3. The zero-order valence-corrected chi connectivity index (χ0v) is 11.2. The lowest BCUT2D eigenvalue weighted by Crippen LogP contribution is -2.10. The summed E-state index contributed by atoms with van der Waals surface area (Å²) in [6.45, 7) is 1.04. The zero-order valence-electron chi connectivity index (χ0n) is 11.2. The SMILES string of the molecule is CNCCc1cn(C)c2ccc3c(c12)CC=CC3. The van der Waals surface area contributed by atoms with Gasteiger partial charge in [0.05, 0.1) is 0 Å². The van der Waals surface area contributed by atoms with Gasteiger partial charge in [-0.05, 0) is 55.6 Å². The minimum Gasteiger partial charge on any atom is -0.350 e. The van der Waals surface area contributed by atoms with Crippen LogP contribution in [0.5, 0.6) is 0 Å². The Kier molecular flexibility index (Phi) is 2.96. The minimum atomic E-state index is 1.04. The number of fused-ring (bicyclic) bond motifs is 3. The average molecular weight is 240 g/mol. The summed E-state index contributed by atoms with van der Waals surface area (Å²) >= 11 is 0. The number of nitrogens with one attached hydrogen (secondary N) is 1. The zero-order chi connectivity index (χ0) is 12.5. The molecule has 2 nitrogen and oxygen atoms in total. The summed E-state index contributed by atoms with van der Waals surface area (Å²) in [5.41, 5.74) is 5.90. The fourth-order valence-electron chi connectivity index (χ4n) is 2.98. The number of hydrogen-bond donors (Lipinski definition) is 1. The van der Waals surface area contributed by atoms with Crippen LogP contribution in [0.3, 0.4) is 0 Å². The monoisotopic (exact) mass is 240 g/mol. The van der Waals surface area contributed by atoms with Crippen LogP contribution in [0.25, 0.3) is 10.9 Å². The lowest BCUT2D eigenvalue weighted by atomic mass is 9.92. The molecule has 0 atom stereocenters. The van der Waals surface area contributed by atoms with Crippen molar-refractivity contribution in [2.75, 3.05) is 13.6 Å². The maximum atomic E-state index is 3.25. The molecule has 94 valence electrons. The number of aryl methyl sites for hydroxylation is 1. The lowest BCUT2D eigenvalue weighted by molar-refractivity contribution is 0.791. The highest BCUT2D eigenvalue weighted by atomic mass is 14.9. The maximum Gasteiger partial charge on any atom is 0.0483 e. The van der Waals surface area contributed by atoms with Gasteiger partial charge in [0, 0.05) is 24.1 Å². The van der Waals surface area contributed by atoms with Gasteiger partial charge in [0.25, 0.3) is 0 Å². The third-order valence-corrected chi connectivity index (χ3v) is 3.91. The number of likely N-dealkylation sites (N-methyl/N-ethyl adjacent to an activating group) is 1. The molecule has 0 saturated carbocycles. The molecule has 2 aromatic rings. The number of hydrogen-bond acceptors (Lipinski definition) is 1. The van der Waals surface area contributed by atoms with E-state index in [0.717, 1.165) is 25.8 Å². The molecule has 0 bridgehead atoms. The molecule has 18 heavy (non-hydrogen) atoms. The van der Waals surface area contributed by atoms with Crippen molar-refractivity contribution in [2.45, 2.75) is 19.3 Å². The third kappa shape index (κ3) is 1.77. The molecule has 0 unspecified atom stereocenters. The van der Waals surface area contributed by atoms with Gasteiger partial charge in [0.15, 0.2) is 0 Å². The van der Waals surface area contributed by atoms with Crippen LogP contribution < -0.4 is 5.32 Å². The molecule has 0 radical (unpaired) electrons. The van der Waals surface area contributed by atoms with Crippen molar-refractivity contribution in [3.05, 3.63) is 47.2 Å². The van der Waals surface area contributed by atoms with Crippen LogP contribution in [0.1, 0.15) is 16.7 Å². The quantitative estimate of drug-likeness (QED) is 0.816. The van der Waals surface area contributed by atoms with Crippen LogP contribution in [-0.4, -0.2) is 18.2 Å². The van der Waals surface area contributed by atoms with Crippen molar-refractivity contribution in [2.24, 2.45) is 7.05 Å². The highest BCUT2D eigenvalue weighted by Gasteiger charge is 2.14. The van der Waals surface area contributed by atoms with Crippen LogP contribution in [0, 0.1) is 0 Å². The molecule has 0 spiro atoms. The normalized spacial score (nSPS) is 14.1. The van der Waals surface area contributed by atoms with Crippen molar-refractivity contribution in [3.63, 3.8) is 0 Å². The Morgan fingerprint density at radius 3 is 2.89 bits per heavy atom. The molecule has 1 N–H and O–H groups in total. The van der Waals surface area contributed by atoms with Crippen molar-refractivity contribution >= 4 is 10.9 Å². The first-order valence-corrected chi connectivity index (χ1v) is 6.69. The first kappa shape index (κ1) is 11.5. The second kappa shape index (κ2) is 4.62. The molecule has 0 aliphatic heterocycles. The van der Waals surface area contributed by atoms with E-state index in [4.69, 9.17) is 0 Å². The van der Waals surface area contributed by atoms with E-state index < -0.39 is 0 Å². The van der Waals surface area contributed by atoms with Gasteiger partial charge >= 0.3 is 0 Å². The van der Waals surface area contributed by atoms with Crippen LogP contribution in [0.15, 0.2) is 30.5 Å². The van der Waals surface area contributed by atoms with E-state index in [2.05, 4.69) is 47.4 Å². The standard InChI is InChI=1S/C16H20N2/c1-17-10-9-13-11-18(2)15-8-7-12-5-3-4-6-14(12)16(13)15/h3-4,7-8,11,17H,5-6,9-10H2,1-2H3. The Hall–Kier alpha value is -1.54. The number of nitrogens with zero attached hydrogens (tertiary/aromatic N) is 1. The molecule has 0 saturated heterocycles. The van der Waals surface area contributed by atoms with Crippen LogP contribution in [0.4, 0.5) is 0 Å². The molecule has 0 fully saturated rings. The maximum absolute atomic E-state index is 3.25. The number of aromatic nitrogens is 1. The lowest BCUT2D eigenvalue weighted by Gasteiger charge is -2.13. The molecule has 1 heterocycles. The second-order valence-corrected chi connectivity index (χ2v) is 5.10. The molecule has 0 amide bonds. The minimum absolute atomic E-state index is 1.04. The summed E-state index contributed by atoms with van der Waals surface area (Å²) < 4.78 is 2.26. The van der Waals surface area contributed by atoms with E-state index in [9.17, 15) is 0 Å². The molecular formula is C16H20N2. The third-order valence-electron chi connectivity index (χ3n) is 3.91. The van der Waals surface area contributed by atoms with Gasteiger partial charge in [-0.2, -0.15) is 0 Å². The van der Waals surface area contributed by atoms with Crippen LogP contribution in [0.2, 0.25) is 0 Å². The van der Waals surface area contributed by atoms with Gasteiger partial charge < -0.3 is 9.88 Å². The summed E-state index contributed by atoms with van der Waals surface area (Å²) in [5.74, 6) is 0. The van der Waals surface area contributed by atoms with Gasteiger partial charge in [-0.25, -0.2) is 0 Å². The van der Waals surface area contributed by atoms with E-state index in [1.807, 2.05) is 7.05 Å². The summed E-state index contributed by atoms with van der Waals surface area (Å²) in [5, 5.41) is 4.74. The van der Waals surface area contributed by atoms with Crippen molar-refractivity contribution in [3.8, 4) is 0 Å². The first-order valence-electron chi connectivity index (χ1n) is 6.69. The fourth-order valence-corrected chi connectivity index (χ4v) is 2.98. The highest BCUT2D eigenvalue weighted by Crippen LogP contribution is 2.30. The predicted molar refractivity (Wildman–Crippen MR) is 77.1 cm³/mol. The summed E-state index contributed by atoms with van der Waals surface area (Å²) in [6, 6.07) is 4.57. The molecule has 1 aliphatic carbocycles. The van der Waals surface area contributed by atoms with Crippen molar-refractivity contribution < 1.29 is 0 Å². The Bertz CT molecular complexity index is 605. The summed E-state index contributed by atoms with van der Waals surface area (Å²) in [4.78, 5) is 0. The van der Waals surface area contributed by atoms with Crippen LogP contribution >= 0.6 is 0 Å². The van der Waals surface area contributed by atoms with E-state index in [-0.39, 0.29) is 0 Å². The van der Waals surface area contributed by atoms with Gasteiger partial charge in [0.1, 0.15) is 0 Å². The Labute approximate surface area is 108 Å². The molecule has 2 heteroatoms. The molecule has 1 aromatic carbocycles. The largest absolute Gasteiger partial charge is 0.350 e. The molecular weight excluding hydrogens is 220 g/mol. The summed E-state index contributed by atoms with van der Waals surface area (Å²) in [6.07, 6.45) is 10.2. The predicted octanol–water partition coefficient (Wildman–Crippen LogP) is 2.60. The van der Waals surface area contributed by atoms with Gasteiger partial charge in [-0.15, -0.1) is 0 Å². The van der Waals surface area contributed by atoms with Gasteiger partial charge in [-0.3, -0.25) is 0 Å². The molecule has 1 aliphatic rings. The Balaban J connectivity index is 2.19. The highest BCUT2D eigenvalue weighted by molar-refractivity contribution is 5.89. The van der Waals surface area contributed by atoms with Crippen molar-refractivity contribution in [1.82, 2.24) is 9.88 Å². The second-order valence-electron chi connectivity index (χ2n) is 5.10. The van der Waals surface area contributed by atoms with Crippen LogP contribution in [-0.2, 0) is 26.3 Å².